The van der Waals surface area contributed by atoms with Crippen LogP contribution in [0.2, 0.25) is 0 Å². The Labute approximate surface area is 184 Å². The van der Waals surface area contributed by atoms with Gasteiger partial charge in [0.05, 0.1) is 28.5 Å². The number of aromatic nitrogens is 3. The SMILES string of the molecule is CCc1nn(-c2ncccc2C)c(Nc2ccc(OC(F)(F)F)cc2C(=O)OC)c1Br. The van der Waals surface area contributed by atoms with Crippen molar-refractivity contribution in [3.8, 4) is 11.6 Å². The Hall–Kier alpha value is -3.08. The Morgan fingerprint density at radius 1 is 1.29 bits per heavy atom. The Morgan fingerprint density at radius 3 is 2.65 bits per heavy atom. The number of halogens is 4. The Bertz CT molecular complexity index is 1120. The fourth-order valence-electron chi connectivity index (χ4n) is 2.87. The van der Waals surface area contributed by atoms with Gasteiger partial charge < -0.3 is 14.8 Å². The molecule has 2 aromatic heterocycles. The van der Waals surface area contributed by atoms with Gasteiger partial charge in [0.15, 0.2) is 11.6 Å². The number of anilines is 2. The highest BCUT2D eigenvalue weighted by Gasteiger charge is 2.32. The van der Waals surface area contributed by atoms with E-state index in [1.165, 1.54) is 6.07 Å². The van der Waals surface area contributed by atoms with Crippen molar-refractivity contribution in [2.75, 3.05) is 12.4 Å². The number of alkyl halides is 3. The first-order valence-corrected chi connectivity index (χ1v) is 9.88. The minimum absolute atomic E-state index is 0.139. The number of esters is 1. The molecule has 0 aliphatic carbocycles. The third-order valence-corrected chi connectivity index (χ3v) is 5.13. The van der Waals surface area contributed by atoms with E-state index in [1.807, 2.05) is 19.9 Å². The van der Waals surface area contributed by atoms with Crippen LogP contribution in [0.4, 0.5) is 24.7 Å². The molecule has 7 nitrogen and oxygen atoms in total. The second-order valence-electron chi connectivity index (χ2n) is 6.39. The van der Waals surface area contributed by atoms with Crippen LogP contribution in [0.1, 0.15) is 28.5 Å². The third kappa shape index (κ3) is 4.98. The number of pyridine rings is 1. The minimum atomic E-state index is -4.89. The number of rotatable bonds is 6. The second-order valence-corrected chi connectivity index (χ2v) is 7.18. The molecule has 11 heteroatoms. The molecule has 0 saturated heterocycles. The number of aryl methyl sites for hydroxylation is 2. The number of hydrogen-bond donors (Lipinski definition) is 1. The fraction of sp³-hybridized carbons (Fsp3) is 0.250. The number of nitrogens with zero attached hydrogens (tertiary/aromatic N) is 3. The van der Waals surface area contributed by atoms with Crippen LogP contribution in [0.25, 0.3) is 5.82 Å². The molecular weight excluding hydrogens is 481 g/mol. The average Bonchev–Trinajstić information content (AvgIpc) is 3.03. The number of ether oxygens (including phenoxy) is 2. The number of hydrogen-bond acceptors (Lipinski definition) is 6. The van der Waals surface area contributed by atoms with E-state index in [4.69, 9.17) is 4.74 Å². The van der Waals surface area contributed by atoms with Gasteiger partial charge in [0.25, 0.3) is 0 Å². The summed E-state index contributed by atoms with van der Waals surface area (Å²) in [5.41, 5.74) is 1.65. The smallest absolute Gasteiger partial charge is 0.465 e. The highest BCUT2D eigenvalue weighted by molar-refractivity contribution is 9.10. The van der Waals surface area contributed by atoms with E-state index in [-0.39, 0.29) is 11.3 Å². The van der Waals surface area contributed by atoms with Gasteiger partial charge in [-0.25, -0.2) is 9.78 Å². The van der Waals surface area contributed by atoms with E-state index < -0.39 is 18.1 Å². The van der Waals surface area contributed by atoms with Crippen molar-refractivity contribution in [2.24, 2.45) is 0 Å². The monoisotopic (exact) mass is 498 g/mol. The maximum absolute atomic E-state index is 12.6. The second kappa shape index (κ2) is 8.96. The lowest BCUT2D eigenvalue weighted by Crippen LogP contribution is -2.18. The third-order valence-electron chi connectivity index (χ3n) is 4.29. The first kappa shape index (κ1) is 22.6. The van der Waals surface area contributed by atoms with Crippen LogP contribution in [-0.4, -0.2) is 34.2 Å². The predicted octanol–water partition coefficient (Wildman–Crippen LogP) is 5.33. The van der Waals surface area contributed by atoms with Gasteiger partial charge in [0.2, 0.25) is 0 Å². The quantitative estimate of drug-likeness (QED) is 0.462. The van der Waals surface area contributed by atoms with Gasteiger partial charge in [0.1, 0.15) is 5.75 Å². The van der Waals surface area contributed by atoms with Crippen LogP contribution in [0.3, 0.4) is 0 Å². The van der Waals surface area contributed by atoms with Crippen LogP contribution in [-0.2, 0) is 11.2 Å². The number of carbonyl (C=O) groups is 1. The van der Waals surface area contributed by atoms with Gasteiger partial charge in [-0.15, -0.1) is 13.2 Å². The summed E-state index contributed by atoms with van der Waals surface area (Å²) >= 11 is 3.51. The zero-order valence-electron chi connectivity index (χ0n) is 16.7. The molecule has 0 atom stereocenters. The van der Waals surface area contributed by atoms with Crippen LogP contribution < -0.4 is 10.1 Å². The van der Waals surface area contributed by atoms with E-state index >= 15 is 0 Å². The molecule has 0 spiro atoms. The van der Waals surface area contributed by atoms with Gasteiger partial charge >= 0.3 is 12.3 Å². The van der Waals surface area contributed by atoms with Crippen molar-refractivity contribution in [1.82, 2.24) is 14.8 Å². The van der Waals surface area contributed by atoms with E-state index in [2.05, 4.69) is 36.1 Å². The van der Waals surface area contributed by atoms with Crippen LogP contribution in [0.15, 0.2) is 41.0 Å². The molecule has 0 fully saturated rings. The molecule has 0 saturated carbocycles. The maximum Gasteiger partial charge on any atom is 0.573 e. The standard InChI is InChI=1S/C20H18BrF3N4O3/c1-4-14-16(21)18(28(27-14)17-11(2)6-5-9-25-17)26-15-8-7-12(31-20(22,23)24)10-13(15)19(29)30-3/h5-10,26H,4H2,1-3H3. The zero-order valence-corrected chi connectivity index (χ0v) is 18.3. The summed E-state index contributed by atoms with van der Waals surface area (Å²) in [5.74, 6) is -0.363. The van der Waals surface area contributed by atoms with E-state index in [0.717, 1.165) is 30.5 Å². The highest BCUT2D eigenvalue weighted by atomic mass is 79.9. The zero-order chi connectivity index (χ0) is 22.8. The molecule has 2 heterocycles. The molecule has 0 amide bonds. The van der Waals surface area contributed by atoms with E-state index in [1.54, 1.807) is 16.9 Å². The van der Waals surface area contributed by atoms with Gasteiger partial charge in [-0.3, -0.25) is 0 Å². The summed E-state index contributed by atoms with van der Waals surface area (Å²) in [6.07, 6.45) is -2.66. The molecule has 1 N–H and O–H groups in total. The molecule has 31 heavy (non-hydrogen) atoms. The minimum Gasteiger partial charge on any atom is -0.465 e. The topological polar surface area (TPSA) is 78.3 Å². The summed E-state index contributed by atoms with van der Waals surface area (Å²) in [7, 11) is 1.13. The first-order chi connectivity index (χ1) is 14.6. The number of carbonyl (C=O) groups excluding carboxylic acids is 1. The molecule has 164 valence electrons. The van der Waals surface area contributed by atoms with Crippen molar-refractivity contribution >= 4 is 33.4 Å². The number of methoxy groups -OCH3 is 1. The molecule has 0 aliphatic rings. The normalized spacial score (nSPS) is 11.3. The van der Waals surface area contributed by atoms with Gasteiger partial charge in [-0.2, -0.15) is 9.78 Å². The molecular formula is C20H18BrF3N4O3. The molecule has 3 aromatic rings. The Balaban J connectivity index is 2.11. The molecule has 1 aromatic carbocycles. The molecule has 0 bridgehead atoms. The van der Waals surface area contributed by atoms with Crippen molar-refractivity contribution in [1.29, 1.82) is 0 Å². The van der Waals surface area contributed by atoms with Crippen molar-refractivity contribution in [3.63, 3.8) is 0 Å². The van der Waals surface area contributed by atoms with Crippen molar-refractivity contribution in [3.05, 3.63) is 57.8 Å². The number of nitrogens with one attached hydrogen (secondary N) is 1. The van der Waals surface area contributed by atoms with Gasteiger partial charge in [0, 0.05) is 6.20 Å². The summed E-state index contributed by atoms with van der Waals surface area (Å²) in [5, 5.41) is 7.64. The van der Waals surface area contributed by atoms with Gasteiger partial charge in [-0.1, -0.05) is 13.0 Å². The highest BCUT2D eigenvalue weighted by Crippen LogP contribution is 2.35. The Morgan fingerprint density at radius 2 is 2.03 bits per heavy atom. The molecule has 0 radical (unpaired) electrons. The van der Waals surface area contributed by atoms with Crippen LogP contribution in [0, 0.1) is 6.92 Å². The van der Waals surface area contributed by atoms with E-state index in [9.17, 15) is 18.0 Å². The maximum atomic E-state index is 12.6. The molecule has 3 rings (SSSR count). The fourth-order valence-corrected chi connectivity index (χ4v) is 3.49. The van der Waals surface area contributed by atoms with Crippen molar-refractivity contribution in [2.45, 2.75) is 26.6 Å². The lowest BCUT2D eigenvalue weighted by Gasteiger charge is -2.15. The summed E-state index contributed by atoms with van der Waals surface area (Å²) in [4.78, 5) is 16.6. The first-order valence-electron chi connectivity index (χ1n) is 9.09. The Kier molecular flexibility index (Phi) is 6.54. The van der Waals surface area contributed by atoms with Gasteiger partial charge in [-0.05, 0) is 59.1 Å². The molecule has 0 unspecified atom stereocenters. The van der Waals surface area contributed by atoms with Crippen LogP contribution >= 0.6 is 15.9 Å². The lowest BCUT2D eigenvalue weighted by molar-refractivity contribution is -0.274. The summed E-state index contributed by atoms with van der Waals surface area (Å²) in [6.45, 7) is 3.80. The number of benzene rings is 1. The summed E-state index contributed by atoms with van der Waals surface area (Å²) in [6, 6.07) is 7.02. The predicted molar refractivity (Wildman–Crippen MR) is 111 cm³/mol. The largest absolute Gasteiger partial charge is 0.573 e. The van der Waals surface area contributed by atoms with E-state index in [0.29, 0.717) is 22.5 Å². The van der Waals surface area contributed by atoms with Crippen molar-refractivity contribution < 1.29 is 27.4 Å². The molecule has 0 aliphatic heterocycles. The average molecular weight is 499 g/mol. The lowest BCUT2D eigenvalue weighted by atomic mass is 10.1. The van der Waals surface area contributed by atoms with Crippen LogP contribution in [0.5, 0.6) is 5.75 Å². The summed E-state index contributed by atoms with van der Waals surface area (Å²) < 4.78 is 48.6.